The predicted molar refractivity (Wildman–Crippen MR) is 88.1 cm³/mol. The largest absolute Gasteiger partial charge is 0.294 e. The fourth-order valence-corrected chi connectivity index (χ4v) is 5.50. The Morgan fingerprint density at radius 3 is 2.21 bits per heavy atom. The average Bonchev–Trinajstić information content (AvgIpc) is 3.14. The van der Waals surface area contributed by atoms with Crippen LogP contribution in [0.2, 0.25) is 0 Å². The van der Waals surface area contributed by atoms with E-state index < -0.39 is 4.92 Å². The first kappa shape index (κ1) is 14.3. The Bertz CT molecular complexity index is 826. The van der Waals surface area contributed by atoms with Crippen LogP contribution in [0.1, 0.15) is 12.8 Å². The zero-order valence-corrected chi connectivity index (χ0v) is 14.1. The van der Waals surface area contributed by atoms with E-state index in [-0.39, 0.29) is 52.3 Å². The fraction of sp³-hybridized carbons (Fsp3) is 0.412. The molecule has 1 spiro atoms. The van der Waals surface area contributed by atoms with Gasteiger partial charge in [0.2, 0.25) is 11.8 Å². The van der Waals surface area contributed by atoms with Crippen LogP contribution in [-0.4, -0.2) is 16.7 Å². The van der Waals surface area contributed by atoms with Crippen molar-refractivity contribution in [3.8, 4) is 0 Å². The normalized spacial score (nSPS) is 34.3. The Kier molecular flexibility index (Phi) is 2.59. The van der Waals surface area contributed by atoms with Crippen LogP contribution in [0.4, 0.5) is 11.4 Å². The van der Waals surface area contributed by atoms with Gasteiger partial charge in [0, 0.05) is 10.5 Å². The van der Waals surface area contributed by atoms with Crippen molar-refractivity contribution in [2.24, 2.45) is 29.1 Å². The quantitative estimate of drug-likeness (QED) is 0.337. The molecule has 122 valence electrons. The molecule has 2 amide bonds. The number of nitrogens with zero attached hydrogens (tertiary/aromatic N) is 2. The van der Waals surface area contributed by atoms with Crippen LogP contribution in [-0.2, 0) is 9.59 Å². The smallest absolute Gasteiger partial charge is 0.274 e. The van der Waals surface area contributed by atoms with Crippen molar-refractivity contribution < 1.29 is 14.5 Å². The van der Waals surface area contributed by atoms with E-state index in [0.717, 1.165) is 17.7 Å². The molecular formula is C17H13BrN2O4. The molecule has 4 aliphatic rings. The number of rotatable bonds is 2. The van der Waals surface area contributed by atoms with Crippen molar-refractivity contribution in [3.05, 3.63) is 44.9 Å². The molecule has 4 atom stereocenters. The second-order valence-corrected chi connectivity index (χ2v) is 8.04. The third-order valence-corrected chi connectivity index (χ3v) is 6.72. The molecule has 0 radical (unpaired) electrons. The number of allylic oxidation sites excluding steroid dienone is 2. The third kappa shape index (κ3) is 1.51. The van der Waals surface area contributed by atoms with E-state index in [2.05, 4.69) is 28.1 Å². The van der Waals surface area contributed by atoms with Crippen molar-refractivity contribution >= 4 is 39.1 Å². The lowest BCUT2D eigenvalue weighted by atomic mass is 9.85. The molecule has 0 aromatic heterocycles. The molecule has 2 bridgehead atoms. The second kappa shape index (κ2) is 4.33. The number of imide groups is 1. The van der Waals surface area contributed by atoms with Crippen molar-refractivity contribution in [3.63, 3.8) is 0 Å². The highest BCUT2D eigenvalue weighted by Crippen LogP contribution is 2.73. The lowest BCUT2D eigenvalue weighted by Crippen LogP contribution is -2.35. The van der Waals surface area contributed by atoms with E-state index in [0.29, 0.717) is 4.47 Å². The second-order valence-electron chi connectivity index (χ2n) is 7.12. The van der Waals surface area contributed by atoms with Crippen LogP contribution in [0.15, 0.2) is 34.8 Å². The van der Waals surface area contributed by atoms with Crippen molar-refractivity contribution in [1.82, 2.24) is 0 Å². The van der Waals surface area contributed by atoms with Gasteiger partial charge in [0.25, 0.3) is 5.69 Å². The van der Waals surface area contributed by atoms with Gasteiger partial charge < -0.3 is 0 Å². The Morgan fingerprint density at radius 2 is 1.71 bits per heavy atom. The molecule has 0 N–H and O–H groups in total. The molecule has 5 rings (SSSR count). The van der Waals surface area contributed by atoms with Gasteiger partial charge in [-0.3, -0.25) is 19.7 Å². The highest BCUT2D eigenvalue weighted by atomic mass is 79.9. The molecule has 6 nitrogen and oxygen atoms in total. The van der Waals surface area contributed by atoms with Crippen LogP contribution < -0.4 is 4.90 Å². The molecular weight excluding hydrogens is 376 g/mol. The van der Waals surface area contributed by atoms with Crippen LogP contribution in [0.5, 0.6) is 0 Å². The third-order valence-electron chi connectivity index (χ3n) is 6.23. The summed E-state index contributed by atoms with van der Waals surface area (Å²) in [5.74, 6) is -1.03. The molecule has 24 heavy (non-hydrogen) atoms. The van der Waals surface area contributed by atoms with E-state index in [1.165, 1.54) is 12.1 Å². The predicted octanol–water partition coefficient (Wildman–Crippen LogP) is 3.06. The highest BCUT2D eigenvalue weighted by Gasteiger charge is 2.73. The number of hydrogen-bond acceptors (Lipinski definition) is 4. The molecule has 3 fully saturated rings. The first-order valence-electron chi connectivity index (χ1n) is 7.96. The number of nitro benzene ring substituents is 1. The van der Waals surface area contributed by atoms with E-state index in [9.17, 15) is 19.7 Å². The lowest BCUT2D eigenvalue weighted by Gasteiger charge is -2.21. The molecule has 2 saturated carbocycles. The summed E-state index contributed by atoms with van der Waals surface area (Å²) < 4.78 is 0.538. The summed E-state index contributed by atoms with van der Waals surface area (Å²) in [6.07, 6.45) is 6.32. The molecule has 1 aromatic rings. The fourth-order valence-electron chi connectivity index (χ4n) is 5.15. The summed E-state index contributed by atoms with van der Waals surface area (Å²) in [6.45, 7) is 0. The van der Waals surface area contributed by atoms with Crippen LogP contribution in [0.25, 0.3) is 0 Å². The van der Waals surface area contributed by atoms with Gasteiger partial charge in [0.1, 0.15) is 5.69 Å². The number of anilines is 1. The SMILES string of the molecule is O=C1[C@H]2[C@H](C(=O)N1c1ccc(Br)cc1[N+](=O)[O-])[C@H]1C=C[C@H]2C12CC2. The number of halogens is 1. The van der Waals surface area contributed by atoms with Gasteiger partial charge >= 0.3 is 0 Å². The van der Waals surface area contributed by atoms with Gasteiger partial charge in [0.05, 0.1) is 16.8 Å². The van der Waals surface area contributed by atoms with Crippen LogP contribution in [0.3, 0.4) is 0 Å². The Hall–Kier alpha value is -2.02. The molecule has 0 unspecified atom stereocenters. The first-order chi connectivity index (χ1) is 11.5. The Balaban J connectivity index is 1.60. The Morgan fingerprint density at radius 1 is 1.12 bits per heavy atom. The lowest BCUT2D eigenvalue weighted by molar-refractivity contribution is -0.384. The van der Waals surface area contributed by atoms with Crippen LogP contribution in [0, 0.1) is 39.2 Å². The summed E-state index contributed by atoms with van der Waals surface area (Å²) in [5, 5.41) is 11.4. The number of carbonyl (C=O) groups excluding carboxylic acids is 2. The summed E-state index contributed by atoms with van der Waals surface area (Å²) in [6, 6.07) is 4.42. The molecule has 7 heteroatoms. The maximum atomic E-state index is 13.0. The number of hydrogen-bond donors (Lipinski definition) is 0. The number of carbonyl (C=O) groups is 2. The number of benzene rings is 1. The van der Waals surface area contributed by atoms with Gasteiger partial charge in [-0.05, 0) is 42.2 Å². The van der Waals surface area contributed by atoms with Crippen molar-refractivity contribution in [1.29, 1.82) is 0 Å². The highest BCUT2D eigenvalue weighted by molar-refractivity contribution is 9.10. The maximum absolute atomic E-state index is 13.0. The van der Waals surface area contributed by atoms with Crippen molar-refractivity contribution in [2.45, 2.75) is 12.8 Å². The summed E-state index contributed by atoms with van der Waals surface area (Å²) in [4.78, 5) is 37.9. The standard InChI is InChI=1S/C17H13BrN2O4/c18-8-1-4-11(12(7-8)20(23)24)19-15(21)13-9-2-3-10(14(13)16(19)22)17(9)5-6-17/h1-4,7,9-10,13-14H,5-6H2/t9-,10-,13-,14-/m1/s1. The minimum atomic E-state index is -0.552. The molecule has 1 heterocycles. The molecule has 1 aromatic carbocycles. The Labute approximate surface area is 145 Å². The maximum Gasteiger partial charge on any atom is 0.294 e. The van der Waals surface area contributed by atoms with Crippen molar-refractivity contribution in [2.75, 3.05) is 4.90 Å². The minimum Gasteiger partial charge on any atom is -0.274 e. The molecule has 3 aliphatic carbocycles. The number of amides is 2. The zero-order chi connectivity index (χ0) is 16.8. The van der Waals surface area contributed by atoms with Gasteiger partial charge in [-0.25, -0.2) is 4.90 Å². The number of fused-ring (bicyclic) bond motifs is 3. The van der Waals surface area contributed by atoms with E-state index in [1.807, 2.05) is 0 Å². The molecule has 1 aliphatic heterocycles. The van der Waals surface area contributed by atoms with E-state index in [4.69, 9.17) is 0 Å². The van der Waals surface area contributed by atoms with Gasteiger partial charge in [-0.2, -0.15) is 0 Å². The first-order valence-corrected chi connectivity index (χ1v) is 8.75. The number of nitro groups is 1. The zero-order valence-electron chi connectivity index (χ0n) is 12.5. The summed E-state index contributed by atoms with van der Waals surface area (Å²) in [5.41, 5.74) is -0.0254. The molecule has 1 saturated heterocycles. The average molecular weight is 389 g/mol. The summed E-state index contributed by atoms with van der Waals surface area (Å²) in [7, 11) is 0. The minimum absolute atomic E-state index is 0.0804. The summed E-state index contributed by atoms with van der Waals surface area (Å²) >= 11 is 3.20. The van der Waals surface area contributed by atoms with Gasteiger partial charge in [-0.15, -0.1) is 0 Å². The van der Waals surface area contributed by atoms with E-state index in [1.54, 1.807) is 6.07 Å². The topological polar surface area (TPSA) is 80.5 Å². The van der Waals surface area contributed by atoms with E-state index >= 15 is 0 Å². The van der Waals surface area contributed by atoms with Crippen LogP contribution >= 0.6 is 15.9 Å². The van der Waals surface area contributed by atoms with Gasteiger partial charge in [0.15, 0.2) is 0 Å². The van der Waals surface area contributed by atoms with Gasteiger partial charge in [-0.1, -0.05) is 28.1 Å². The monoisotopic (exact) mass is 388 g/mol.